The lowest BCUT2D eigenvalue weighted by Gasteiger charge is -2.31. The van der Waals surface area contributed by atoms with Crippen LogP contribution in [-0.4, -0.2) is 70.1 Å². The van der Waals surface area contributed by atoms with Gasteiger partial charge in [-0.2, -0.15) is 30.9 Å². The van der Waals surface area contributed by atoms with Gasteiger partial charge in [0.2, 0.25) is 0 Å². The van der Waals surface area contributed by atoms with E-state index in [0.717, 1.165) is 0 Å². The SMILES string of the molecule is O=C(COC(=O)C1CCN(c2ccc3nnc(C(F)(F)F)n3n2)CC1)NC(=O)NCC(F)(F)F. The fourth-order valence-corrected chi connectivity index (χ4v) is 3.11. The first-order chi connectivity index (χ1) is 15.8. The summed E-state index contributed by atoms with van der Waals surface area (Å²) >= 11 is 0. The third-order valence-electron chi connectivity index (χ3n) is 4.70. The number of carbonyl (C=O) groups excluding carboxylic acids is 3. The second kappa shape index (κ2) is 9.68. The van der Waals surface area contributed by atoms with E-state index in [2.05, 4.69) is 15.3 Å². The summed E-state index contributed by atoms with van der Waals surface area (Å²) in [5.74, 6) is -3.56. The summed E-state index contributed by atoms with van der Waals surface area (Å²) in [6, 6.07) is 1.41. The van der Waals surface area contributed by atoms with Crippen LogP contribution in [0.1, 0.15) is 18.7 Å². The van der Waals surface area contributed by atoms with Gasteiger partial charge in [-0.15, -0.1) is 15.3 Å². The average Bonchev–Trinajstić information content (AvgIpc) is 3.19. The molecule has 0 unspecified atom stereocenters. The Morgan fingerprint density at radius 2 is 1.74 bits per heavy atom. The molecule has 0 spiro atoms. The molecule has 1 fully saturated rings. The molecule has 3 rings (SSSR count). The molecule has 2 aromatic rings. The van der Waals surface area contributed by atoms with Gasteiger partial charge >= 0.3 is 24.4 Å². The molecule has 3 amide bonds. The zero-order chi connectivity index (χ0) is 25.1. The highest BCUT2D eigenvalue weighted by Crippen LogP contribution is 2.28. The number of esters is 1. The van der Waals surface area contributed by atoms with Crippen molar-refractivity contribution in [2.45, 2.75) is 25.2 Å². The van der Waals surface area contributed by atoms with Crippen molar-refractivity contribution in [2.24, 2.45) is 5.92 Å². The normalized spacial score (nSPS) is 15.3. The number of fused-ring (bicyclic) bond motifs is 1. The molecular weight excluding hydrogens is 480 g/mol. The van der Waals surface area contributed by atoms with Crippen LogP contribution in [-0.2, 0) is 20.5 Å². The number of hydrogen-bond acceptors (Lipinski definition) is 8. The van der Waals surface area contributed by atoms with E-state index < -0.39 is 55.2 Å². The van der Waals surface area contributed by atoms with Crippen LogP contribution in [0.2, 0.25) is 0 Å². The standard InChI is InChI=1S/C17H17F6N7O4/c18-16(19,20)8-24-15(33)25-12(31)7-34-13(32)9-3-5-29(6-4-9)11-2-1-10-26-27-14(17(21,22)23)30(10)28-11/h1-2,9H,3-8H2,(H2,24,25,31,33). The number of nitrogens with one attached hydrogen (secondary N) is 2. The number of halogens is 6. The lowest BCUT2D eigenvalue weighted by Crippen LogP contribution is -2.45. The van der Waals surface area contributed by atoms with Gasteiger partial charge in [-0.25, -0.2) is 4.79 Å². The van der Waals surface area contributed by atoms with E-state index >= 15 is 0 Å². The van der Waals surface area contributed by atoms with Crippen molar-refractivity contribution >= 4 is 29.4 Å². The summed E-state index contributed by atoms with van der Waals surface area (Å²) < 4.78 is 80.5. The minimum absolute atomic E-state index is 0.0834. The number of anilines is 1. The van der Waals surface area contributed by atoms with Gasteiger partial charge in [-0.05, 0) is 25.0 Å². The van der Waals surface area contributed by atoms with Crippen molar-refractivity contribution in [3.63, 3.8) is 0 Å². The Morgan fingerprint density at radius 1 is 1.06 bits per heavy atom. The molecule has 1 saturated heterocycles. The Kier molecular flexibility index (Phi) is 7.11. The number of ether oxygens (including phenoxy) is 1. The van der Waals surface area contributed by atoms with Crippen molar-refractivity contribution in [2.75, 3.05) is 31.1 Å². The number of piperidine rings is 1. The van der Waals surface area contributed by atoms with Crippen molar-refractivity contribution in [3.05, 3.63) is 18.0 Å². The van der Waals surface area contributed by atoms with Crippen LogP contribution >= 0.6 is 0 Å². The van der Waals surface area contributed by atoms with Crippen LogP contribution in [0.15, 0.2) is 12.1 Å². The van der Waals surface area contributed by atoms with Gasteiger partial charge < -0.3 is 15.0 Å². The number of carbonyl (C=O) groups is 3. The first-order valence-electron chi connectivity index (χ1n) is 9.69. The molecule has 11 nitrogen and oxygen atoms in total. The quantitative estimate of drug-likeness (QED) is 0.467. The van der Waals surface area contributed by atoms with E-state index in [0.29, 0.717) is 4.52 Å². The second-order valence-electron chi connectivity index (χ2n) is 7.20. The monoisotopic (exact) mass is 497 g/mol. The Labute approximate surface area is 186 Å². The van der Waals surface area contributed by atoms with E-state index in [1.165, 1.54) is 17.4 Å². The maximum absolute atomic E-state index is 13.0. The van der Waals surface area contributed by atoms with Crippen LogP contribution in [0, 0.1) is 5.92 Å². The zero-order valence-corrected chi connectivity index (χ0v) is 17.1. The molecule has 0 aromatic carbocycles. The van der Waals surface area contributed by atoms with Gasteiger partial charge in [0.1, 0.15) is 12.4 Å². The molecule has 34 heavy (non-hydrogen) atoms. The number of alkyl halides is 6. The minimum Gasteiger partial charge on any atom is -0.455 e. The largest absolute Gasteiger partial charge is 0.455 e. The van der Waals surface area contributed by atoms with E-state index in [4.69, 9.17) is 4.74 Å². The predicted molar refractivity (Wildman–Crippen MR) is 99.3 cm³/mol. The maximum Gasteiger partial charge on any atom is 0.453 e. The Balaban J connectivity index is 1.48. The highest BCUT2D eigenvalue weighted by atomic mass is 19.4. The number of rotatable bonds is 5. The molecular formula is C17H17F6N7O4. The summed E-state index contributed by atoms with van der Waals surface area (Å²) in [5.41, 5.74) is -0.0834. The predicted octanol–water partition coefficient (Wildman–Crippen LogP) is 1.29. The molecule has 0 bridgehead atoms. The van der Waals surface area contributed by atoms with Crippen molar-refractivity contribution in [3.8, 4) is 0 Å². The molecule has 1 aliphatic heterocycles. The summed E-state index contributed by atoms with van der Waals surface area (Å²) in [7, 11) is 0. The molecule has 2 N–H and O–H groups in total. The molecule has 186 valence electrons. The zero-order valence-electron chi connectivity index (χ0n) is 17.1. The second-order valence-corrected chi connectivity index (χ2v) is 7.20. The van der Waals surface area contributed by atoms with E-state index in [-0.39, 0.29) is 37.4 Å². The number of nitrogens with zero attached hydrogens (tertiary/aromatic N) is 5. The number of hydrogen-bond donors (Lipinski definition) is 2. The smallest absolute Gasteiger partial charge is 0.453 e. The molecule has 17 heteroatoms. The average molecular weight is 497 g/mol. The molecule has 0 saturated carbocycles. The fourth-order valence-electron chi connectivity index (χ4n) is 3.11. The summed E-state index contributed by atoms with van der Waals surface area (Å²) in [6.07, 6.45) is -8.92. The third kappa shape index (κ3) is 6.44. The highest BCUT2D eigenvalue weighted by Gasteiger charge is 2.38. The highest BCUT2D eigenvalue weighted by molar-refractivity contribution is 5.95. The van der Waals surface area contributed by atoms with Crippen molar-refractivity contribution in [1.29, 1.82) is 0 Å². The summed E-state index contributed by atoms with van der Waals surface area (Å²) in [5, 5.41) is 13.5. The van der Waals surface area contributed by atoms with Crippen LogP contribution < -0.4 is 15.5 Å². The van der Waals surface area contributed by atoms with Gasteiger partial charge in [0.05, 0.1) is 5.92 Å². The van der Waals surface area contributed by atoms with Crippen LogP contribution in [0.25, 0.3) is 5.65 Å². The molecule has 0 radical (unpaired) electrons. The summed E-state index contributed by atoms with van der Waals surface area (Å²) in [6.45, 7) is -2.02. The summed E-state index contributed by atoms with van der Waals surface area (Å²) in [4.78, 5) is 36.5. The van der Waals surface area contributed by atoms with Gasteiger partial charge in [0.25, 0.3) is 11.7 Å². The number of imide groups is 1. The van der Waals surface area contributed by atoms with Crippen LogP contribution in [0.5, 0.6) is 0 Å². The molecule has 3 heterocycles. The number of urea groups is 1. The van der Waals surface area contributed by atoms with Crippen LogP contribution in [0.3, 0.4) is 0 Å². The lowest BCUT2D eigenvalue weighted by atomic mass is 9.97. The third-order valence-corrected chi connectivity index (χ3v) is 4.70. The van der Waals surface area contributed by atoms with E-state index in [1.807, 2.05) is 0 Å². The van der Waals surface area contributed by atoms with E-state index in [1.54, 1.807) is 10.2 Å². The lowest BCUT2D eigenvalue weighted by molar-refractivity contribution is -0.153. The molecule has 1 aliphatic rings. The van der Waals surface area contributed by atoms with Crippen LogP contribution in [0.4, 0.5) is 37.0 Å². The number of aromatic nitrogens is 4. The number of amides is 3. The maximum atomic E-state index is 13.0. The molecule has 0 atom stereocenters. The minimum atomic E-state index is -4.74. The van der Waals surface area contributed by atoms with Gasteiger partial charge in [0.15, 0.2) is 12.3 Å². The topological polar surface area (TPSA) is 131 Å². The molecule has 2 aromatic heterocycles. The first-order valence-corrected chi connectivity index (χ1v) is 9.69. The first kappa shape index (κ1) is 25.0. The van der Waals surface area contributed by atoms with E-state index in [9.17, 15) is 40.7 Å². The van der Waals surface area contributed by atoms with Crippen molar-refractivity contribution in [1.82, 2.24) is 30.4 Å². The van der Waals surface area contributed by atoms with Crippen molar-refractivity contribution < 1.29 is 45.5 Å². The fraction of sp³-hybridized carbons (Fsp3) is 0.529. The Bertz CT molecular complexity index is 1060. The Hall–Kier alpha value is -3.66. The molecule has 0 aliphatic carbocycles. The van der Waals surface area contributed by atoms with Gasteiger partial charge in [-0.1, -0.05) is 0 Å². The van der Waals surface area contributed by atoms with Gasteiger partial charge in [-0.3, -0.25) is 14.9 Å². The Morgan fingerprint density at radius 3 is 2.35 bits per heavy atom. The van der Waals surface area contributed by atoms with Gasteiger partial charge in [0, 0.05) is 13.1 Å².